The van der Waals surface area contributed by atoms with Crippen molar-refractivity contribution in [1.82, 2.24) is 14.8 Å². The summed E-state index contributed by atoms with van der Waals surface area (Å²) in [7, 11) is 1.91. The molecule has 0 aliphatic heterocycles. The number of oxime groups is 1. The highest BCUT2D eigenvalue weighted by atomic mass is 79.9. The van der Waals surface area contributed by atoms with E-state index in [0.717, 1.165) is 20.3 Å². The monoisotopic (exact) mass is 341 g/mol. The summed E-state index contributed by atoms with van der Waals surface area (Å²) < 4.78 is 2.76. The number of amidine groups is 1. The van der Waals surface area contributed by atoms with Gasteiger partial charge in [-0.15, -0.1) is 10.2 Å². The summed E-state index contributed by atoms with van der Waals surface area (Å²) in [6.07, 6.45) is 0. The van der Waals surface area contributed by atoms with Crippen molar-refractivity contribution < 1.29 is 5.21 Å². The molecule has 3 N–H and O–H groups in total. The lowest BCUT2D eigenvalue weighted by molar-refractivity contribution is 0.318. The van der Waals surface area contributed by atoms with Gasteiger partial charge < -0.3 is 15.5 Å². The van der Waals surface area contributed by atoms with Crippen LogP contribution < -0.4 is 5.73 Å². The molecule has 0 atom stereocenters. The van der Waals surface area contributed by atoms with Gasteiger partial charge in [0.1, 0.15) is 5.82 Å². The standard InChI is InChI=1S/C11H12BrN5OS/c1-6-14-15-11(17(6)2)19-9-4-3-7(5-8(9)12)10(13)16-18/h3-5,18H,1-2H3,(H2,13,16). The molecule has 0 saturated carbocycles. The Balaban J connectivity index is 2.30. The number of rotatable bonds is 3. The zero-order valence-corrected chi connectivity index (χ0v) is 12.7. The lowest BCUT2D eigenvalue weighted by atomic mass is 10.2. The molecular formula is C11H12BrN5OS. The number of hydrogen-bond acceptors (Lipinski definition) is 5. The molecule has 1 heterocycles. The SMILES string of the molecule is Cc1nnc(Sc2ccc(/C(N)=N/O)cc2Br)n1C. The number of nitrogens with two attached hydrogens (primary N) is 1. The smallest absolute Gasteiger partial charge is 0.195 e. The maximum atomic E-state index is 8.64. The molecule has 0 spiro atoms. The molecule has 0 aliphatic carbocycles. The van der Waals surface area contributed by atoms with E-state index in [4.69, 9.17) is 10.9 Å². The Morgan fingerprint density at radius 3 is 2.74 bits per heavy atom. The van der Waals surface area contributed by atoms with E-state index < -0.39 is 0 Å². The van der Waals surface area contributed by atoms with Crippen LogP contribution in [0.1, 0.15) is 11.4 Å². The summed E-state index contributed by atoms with van der Waals surface area (Å²) in [6, 6.07) is 5.46. The molecule has 100 valence electrons. The Morgan fingerprint density at radius 2 is 2.21 bits per heavy atom. The molecule has 0 amide bonds. The minimum atomic E-state index is 0.0757. The normalized spacial score (nSPS) is 11.8. The molecule has 0 bridgehead atoms. The Kier molecular flexibility index (Phi) is 4.11. The van der Waals surface area contributed by atoms with Gasteiger partial charge >= 0.3 is 0 Å². The van der Waals surface area contributed by atoms with Crippen molar-refractivity contribution in [3.8, 4) is 0 Å². The molecule has 0 fully saturated rings. The first-order valence-corrected chi connectivity index (χ1v) is 6.95. The second kappa shape index (κ2) is 5.62. The van der Waals surface area contributed by atoms with Gasteiger partial charge in [0, 0.05) is 22.0 Å². The maximum absolute atomic E-state index is 8.64. The van der Waals surface area contributed by atoms with Crippen LogP contribution in [0.2, 0.25) is 0 Å². The van der Waals surface area contributed by atoms with Crippen LogP contribution >= 0.6 is 27.7 Å². The maximum Gasteiger partial charge on any atom is 0.195 e. The Labute approximate surface area is 122 Å². The molecule has 0 saturated heterocycles. The van der Waals surface area contributed by atoms with Crippen molar-refractivity contribution in [2.45, 2.75) is 17.0 Å². The number of hydrogen-bond donors (Lipinski definition) is 2. The average Bonchev–Trinajstić information content (AvgIpc) is 2.72. The molecule has 0 unspecified atom stereocenters. The van der Waals surface area contributed by atoms with Crippen LogP contribution in [-0.2, 0) is 7.05 Å². The number of aromatic nitrogens is 3. The zero-order valence-electron chi connectivity index (χ0n) is 10.3. The van der Waals surface area contributed by atoms with Crippen molar-refractivity contribution in [3.05, 3.63) is 34.1 Å². The van der Waals surface area contributed by atoms with Crippen LogP contribution in [0.3, 0.4) is 0 Å². The quantitative estimate of drug-likeness (QED) is 0.386. The molecule has 0 aliphatic rings. The molecule has 2 aromatic rings. The summed E-state index contributed by atoms with van der Waals surface area (Å²) in [5, 5.41) is 20.5. The van der Waals surface area contributed by atoms with Gasteiger partial charge in [0.25, 0.3) is 0 Å². The summed E-state index contributed by atoms with van der Waals surface area (Å²) in [5.41, 5.74) is 6.19. The summed E-state index contributed by atoms with van der Waals surface area (Å²) in [4.78, 5) is 0.977. The number of benzene rings is 1. The van der Waals surface area contributed by atoms with E-state index in [1.807, 2.05) is 24.6 Å². The number of nitrogens with zero attached hydrogens (tertiary/aromatic N) is 4. The zero-order chi connectivity index (χ0) is 14.0. The summed E-state index contributed by atoms with van der Waals surface area (Å²) in [5.74, 6) is 0.929. The van der Waals surface area contributed by atoms with E-state index in [2.05, 4.69) is 31.3 Å². The van der Waals surface area contributed by atoms with Crippen LogP contribution in [0.15, 0.2) is 37.9 Å². The fraction of sp³-hybridized carbons (Fsp3) is 0.182. The van der Waals surface area contributed by atoms with Crippen molar-refractivity contribution in [1.29, 1.82) is 0 Å². The van der Waals surface area contributed by atoms with Gasteiger partial charge in [-0.3, -0.25) is 0 Å². The molecule has 1 aromatic carbocycles. The van der Waals surface area contributed by atoms with E-state index in [9.17, 15) is 0 Å². The predicted octanol–water partition coefficient (Wildman–Crippen LogP) is 2.13. The molecule has 19 heavy (non-hydrogen) atoms. The van der Waals surface area contributed by atoms with Crippen LogP contribution in [-0.4, -0.2) is 25.8 Å². The van der Waals surface area contributed by atoms with Crippen LogP contribution in [0.4, 0.5) is 0 Å². The number of halogens is 1. The molecule has 8 heteroatoms. The molecule has 0 radical (unpaired) electrons. The van der Waals surface area contributed by atoms with Gasteiger partial charge in [-0.25, -0.2) is 0 Å². The Hall–Kier alpha value is -1.54. The Bertz CT molecular complexity index is 640. The summed E-state index contributed by atoms with van der Waals surface area (Å²) >= 11 is 4.95. The van der Waals surface area contributed by atoms with Crippen LogP contribution in [0.25, 0.3) is 0 Å². The molecular weight excluding hydrogens is 330 g/mol. The van der Waals surface area contributed by atoms with Crippen molar-refractivity contribution in [2.75, 3.05) is 0 Å². The van der Waals surface area contributed by atoms with Crippen molar-refractivity contribution in [2.24, 2.45) is 17.9 Å². The molecule has 2 rings (SSSR count). The fourth-order valence-corrected chi connectivity index (χ4v) is 2.84. The van der Waals surface area contributed by atoms with E-state index in [1.54, 1.807) is 12.1 Å². The van der Waals surface area contributed by atoms with Crippen LogP contribution in [0, 0.1) is 6.92 Å². The summed E-state index contributed by atoms with van der Waals surface area (Å²) in [6.45, 7) is 1.90. The third kappa shape index (κ3) is 2.90. The topological polar surface area (TPSA) is 89.3 Å². The van der Waals surface area contributed by atoms with Gasteiger partial charge in [-0.2, -0.15) is 0 Å². The fourth-order valence-electron chi connectivity index (χ4n) is 1.38. The third-order valence-electron chi connectivity index (χ3n) is 2.59. The van der Waals surface area contributed by atoms with Crippen molar-refractivity contribution in [3.63, 3.8) is 0 Å². The van der Waals surface area contributed by atoms with E-state index >= 15 is 0 Å². The lowest BCUT2D eigenvalue weighted by Gasteiger charge is -2.06. The highest BCUT2D eigenvalue weighted by molar-refractivity contribution is 9.10. The highest BCUT2D eigenvalue weighted by Gasteiger charge is 2.10. The van der Waals surface area contributed by atoms with E-state index in [-0.39, 0.29) is 5.84 Å². The van der Waals surface area contributed by atoms with E-state index in [1.165, 1.54) is 11.8 Å². The predicted molar refractivity (Wildman–Crippen MR) is 76.5 cm³/mol. The van der Waals surface area contributed by atoms with Crippen molar-refractivity contribution >= 4 is 33.5 Å². The first kappa shape index (κ1) is 13.9. The van der Waals surface area contributed by atoms with Gasteiger partial charge in [-0.1, -0.05) is 5.16 Å². The third-order valence-corrected chi connectivity index (χ3v) is 4.62. The van der Waals surface area contributed by atoms with Gasteiger partial charge in [0.05, 0.1) is 0 Å². The van der Waals surface area contributed by atoms with Gasteiger partial charge in [0.2, 0.25) is 0 Å². The molecule has 6 nitrogen and oxygen atoms in total. The van der Waals surface area contributed by atoms with E-state index in [0.29, 0.717) is 5.56 Å². The first-order chi connectivity index (χ1) is 9.02. The Morgan fingerprint density at radius 1 is 1.47 bits per heavy atom. The van der Waals surface area contributed by atoms with Crippen LogP contribution in [0.5, 0.6) is 0 Å². The second-order valence-electron chi connectivity index (χ2n) is 3.82. The largest absolute Gasteiger partial charge is 0.409 e. The second-order valence-corrected chi connectivity index (χ2v) is 5.68. The van der Waals surface area contributed by atoms with Gasteiger partial charge in [0.15, 0.2) is 11.0 Å². The number of aryl methyl sites for hydroxylation is 1. The average molecular weight is 342 g/mol. The minimum absolute atomic E-state index is 0.0757. The molecule has 1 aromatic heterocycles. The first-order valence-electron chi connectivity index (χ1n) is 5.34. The minimum Gasteiger partial charge on any atom is -0.409 e. The highest BCUT2D eigenvalue weighted by Crippen LogP contribution is 2.33. The lowest BCUT2D eigenvalue weighted by Crippen LogP contribution is -2.12. The van der Waals surface area contributed by atoms with Gasteiger partial charge in [-0.05, 0) is 52.8 Å².